The highest BCUT2D eigenvalue weighted by molar-refractivity contribution is 5.51. The van der Waals surface area contributed by atoms with Crippen LogP contribution in [0.2, 0.25) is 0 Å². The number of hydrogen-bond donors (Lipinski definition) is 2. The number of rotatable bonds is 2. The van der Waals surface area contributed by atoms with E-state index in [1.807, 2.05) is 19.1 Å². The van der Waals surface area contributed by atoms with Crippen molar-refractivity contribution in [3.63, 3.8) is 0 Å². The van der Waals surface area contributed by atoms with Gasteiger partial charge in [0.15, 0.2) is 0 Å². The van der Waals surface area contributed by atoms with E-state index in [1.165, 1.54) is 0 Å². The number of aromatic hydroxyl groups is 1. The number of phenols is 1. The molecule has 0 unspecified atom stereocenters. The molecule has 0 heterocycles. The summed E-state index contributed by atoms with van der Waals surface area (Å²) < 4.78 is 0. The second-order valence-electron chi connectivity index (χ2n) is 4.88. The van der Waals surface area contributed by atoms with Crippen LogP contribution in [0.4, 0.5) is 0 Å². The van der Waals surface area contributed by atoms with E-state index in [0.29, 0.717) is 5.92 Å². The maximum Gasteiger partial charge on any atom is 0.124 e. The molecule has 2 heteroatoms. The first-order valence-corrected chi connectivity index (χ1v) is 5.51. The number of aryl methyl sites for hydroxylation is 1. The van der Waals surface area contributed by atoms with E-state index in [2.05, 4.69) is 13.8 Å². The van der Waals surface area contributed by atoms with Crippen molar-refractivity contribution in [2.45, 2.75) is 45.1 Å². The van der Waals surface area contributed by atoms with Crippen molar-refractivity contribution in [1.82, 2.24) is 0 Å². The van der Waals surface area contributed by atoms with Gasteiger partial charge in [-0.25, -0.2) is 0 Å². The van der Waals surface area contributed by atoms with Crippen molar-refractivity contribution >= 4 is 0 Å². The Kier molecular flexibility index (Phi) is 2.27. The molecule has 1 aliphatic rings. The molecule has 0 saturated heterocycles. The molecule has 0 amide bonds. The molecule has 1 saturated carbocycles. The summed E-state index contributed by atoms with van der Waals surface area (Å²) in [7, 11) is 0. The van der Waals surface area contributed by atoms with E-state index < -0.39 is 5.60 Å². The van der Waals surface area contributed by atoms with E-state index in [1.54, 1.807) is 0 Å². The molecule has 15 heavy (non-hydrogen) atoms. The highest BCUT2D eigenvalue weighted by atomic mass is 16.3. The molecule has 1 aromatic carbocycles. The van der Waals surface area contributed by atoms with Gasteiger partial charge in [0, 0.05) is 5.56 Å². The first kappa shape index (κ1) is 10.5. The topological polar surface area (TPSA) is 40.5 Å². The summed E-state index contributed by atoms with van der Waals surface area (Å²) in [4.78, 5) is 0. The summed E-state index contributed by atoms with van der Waals surface area (Å²) in [6.07, 6.45) is 1.54. The first-order valence-electron chi connectivity index (χ1n) is 5.51. The normalized spacial score (nSPS) is 18.2. The molecular formula is C13H18O2. The fraction of sp³-hybridized carbons (Fsp3) is 0.538. The minimum Gasteiger partial charge on any atom is -0.507 e. The zero-order valence-electron chi connectivity index (χ0n) is 9.54. The maximum absolute atomic E-state index is 10.2. The third-order valence-electron chi connectivity index (χ3n) is 3.22. The minimum absolute atomic E-state index is 0.279. The third-order valence-corrected chi connectivity index (χ3v) is 3.22. The summed E-state index contributed by atoms with van der Waals surface area (Å²) in [6, 6.07) is 3.94. The summed E-state index contributed by atoms with van der Waals surface area (Å²) in [6.45, 7) is 6.04. The molecular weight excluding hydrogens is 188 g/mol. The van der Waals surface area contributed by atoms with Crippen LogP contribution in [-0.2, 0) is 5.60 Å². The summed E-state index contributed by atoms with van der Waals surface area (Å²) in [5.74, 6) is 0.609. The van der Waals surface area contributed by atoms with Crippen molar-refractivity contribution in [3.8, 4) is 5.75 Å². The van der Waals surface area contributed by atoms with E-state index in [-0.39, 0.29) is 5.75 Å². The molecule has 0 atom stereocenters. The summed E-state index contributed by atoms with van der Waals surface area (Å²) in [5.41, 5.74) is 1.92. The Morgan fingerprint density at radius 1 is 1.27 bits per heavy atom. The van der Waals surface area contributed by atoms with Crippen LogP contribution in [0.3, 0.4) is 0 Å². The molecule has 1 aromatic rings. The van der Waals surface area contributed by atoms with Crippen LogP contribution in [0.5, 0.6) is 5.75 Å². The van der Waals surface area contributed by atoms with Gasteiger partial charge in [-0.05, 0) is 36.8 Å². The first-order chi connectivity index (χ1) is 6.96. The van der Waals surface area contributed by atoms with Crippen LogP contribution in [0.1, 0.15) is 49.3 Å². The van der Waals surface area contributed by atoms with Gasteiger partial charge in [0.05, 0.1) is 5.60 Å². The SMILES string of the molecule is Cc1ccc(C(C)C)c(C2(O)CC2)c1O. The number of phenolic OH excluding ortho intramolecular Hbond substituents is 1. The monoisotopic (exact) mass is 206 g/mol. The summed E-state index contributed by atoms with van der Waals surface area (Å²) >= 11 is 0. The van der Waals surface area contributed by atoms with Gasteiger partial charge in [-0.3, -0.25) is 0 Å². The van der Waals surface area contributed by atoms with Crippen LogP contribution in [-0.4, -0.2) is 10.2 Å². The van der Waals surface area contributed by atoms with Crippen LogP contribution < -0.4 is 0 Å². The van der Waals surface area contributed by atoms with Crippen LogP contribution in [0, 0.1) is 6.92 Å². The van der Waals surface area contributed by atoms with Gasteiger partial charge in [-0.2, -0.15) is 0 Å². The Labute approximate surface area is 90.6 Å². The number of hydrogen-bond acceptors (Lipinski definition) is 2. The van der Waals surface area contributed by atoms with Crippen molar-refractivity contribution in [2.24, 2.45) is 0 Å². The molecule has 82 valence electrons. The van der Waals surface area contributed by atoms with Gasteiger partial charge in [0.2, 0.25) is 0 Å². The molecule has 0 radical (unpaired) electrons. The molecule has 2 N–H and O–H groups in total. The molecule has 1 fully saturated rings. The zero-order valence-corrected chi connectivity index (χ0v) is 9.54. The molecule has 0 bridgehead atoms. The largest absolute Gasteiger partial charge is 0.507 e. The van der Waals surface area contributed by atoms with Crippen molar-refractivity contribution < 1.29 is 10.2 Å². The second-order valence-corrected chi connectivity index (χ2v) is 4.88. The lowest BCUT2D eigenvalue weighted by molar-refractivity contribution is 0.146. The molecule has 1 aliphatic carbocycles. The molecule has 0 spiro atoms. The lowest BCUT2D eigenvalue weighted by atomic mass is 9.90. The standard InChI is InChI=1S/C13H18O2/c1-8(2)10-5-4-9(3)12(14)11(10)13(15)6-7-13/h4-5,8,14-15H,6-7H2,1-3H3. The lowest BCUT2D eigenvalue weighted by Crippen LogP contribution is -2.10. The van der Waals surface area contributed by atoms with Crippen LogP contribution in [0.25, 0.3) is 0 Å². The van der Waals surface area contributed by atoms with Gasteiger partial charge in [0.1, 0.15) is 5.75 Å². The Hall–Kier alpha value is -1.02. The Balaban J connectivity index is 2.61. The highest BCUT2D eigenvalue weighted by Crippen LogP contribution is 2.51. The van der Waals surface area contributed by atoms with Gasteiger partial charge in [-0.15, -0.1) is 0 Å². The number of benzene rings is 1. The van der Waals surface area contributed by atoms with Gasteiger partial charge in [0.25, 0.3) is 0 Å². The van der Waals surface area contributed by atoms with Gasteiger partial charge < -0.3 is 10.2 Å². The minimum atomic E-state index is -0.754. The van der Waals surface area contributed by atoms with E-state index >= 15 is 0 Å². The third kappa shape index (κ3) is 1.63. The van der Waals surface area contributed by atoms with Gasteiger partial charge >= 0.3 is 0 Å². The van der Waals surface area contributed by atoms with Crippen molar-refractivity contribution in [1.29, 1.82) is 0 Å². The molecule has 0 aromatic heterocycles. The van der Waals surface area contributed by atoms with Crippen molar-refractivity contribution in [2.75, 3.05) is 0 Å². The van der Waals surface area contributed by atoms with Gasteiger partial charge in [-0.1, -0.05) is 26.0 Å². The zero-order chi connectivity index (χ0) is 11.2. The lowest BCUT2D eigenvalue weighted by Gasteiger charge is -2.19. The van der Waals surface area contributed by atoms with E-state index in [9.17, 15) is 10.2 Å². The fourth-order valence-electron chi connectivity index (χ4n) is 2.05. The Bertz CT molecular complexity index is 390. The smallest absolute Gasteiger partial charge is 0.124 e. The van der Waals surface area contributed by atoms with E-state index in [4.69, 9.17) is 0 Å². The van der Waals surface area contributed by atoms with E-state index in [0.717, 1.165) is 29.5 Å². The number of aliphatic hydroxyl groups is 1. The molecule has 2 nitrogen and oxygen atoms in total. The predicted molar refractivity (Wildman–Crippen MR) is 60.1 cm³/mol. The average molecular weight is 206 g/mol. The van der Waals surface area contributed by atoms with Crippen molar-refractivity contribution in [3.05, 3.63) is 28.8 Å². The van der Waals surface area contributed by atoms with Crippen LogP contribution in [0.15, 0.2) is 12.1 Å². The molecule has 0 aliphatic heterocycles. The quantitative estimate of drug-likeness (QED) is 0.781. The average Bonchev–Trinajstić information content (AvgIpc) is 2.88. The highest BCUT2D eigenvalue weighted by Gasteiger charge is 2.46. The Morgan fingerprint density at radius 3 is 2.33 bits per heavy atom. The fourth-order valence-corrected chi connectivity index (χ4v) is 2.05. The summed E-state index contributed by atoms with van der Waals surface area (Å²) in [5, 5.41) is 20.2. The maximum atomic E-state index is 10.2. The predicted octanol–water partition coefficient (Wildman–Crippen LogP) is 2.81. The van der Waals surface area contributed by atoms with Crippen LogP contribution >= 0.6 is 0 Å². The molecule has 2 rings (SSSR count). The second kappa shape index (κ2) is 3.24. The Morgan fingerprint density at radius 2 is 1.87 bits per heavy atom.